The van der Waals surface area contributed by atoms with Gasteiger partial charge in [-0.2, -0.15) is 0 Å². The number of carbonyl (C=O) groups is 1. The molecule has 4 heteroatoms. The molecule has 1 amide bonds. The van der Waals surface area contributed by atoms with Gasteiger partial charge in [0.25, 0.3) is 5.91 Å². The van der Waals surface area contributed by atoms with Crippen LogP contribution in [0.5, 0.6) is 0 Å². The van der Waals surface area contributed by atoms with Gasteiger partial charge in [0.15, 0.2) is 0 Å². The first kappa shape index (κ1) is 10.9. The predicted molar refractivity (Wildman–Crippen MR) is 60.5 cm³/mol. The van der Waals surface area contributed by atoms with Crippen LogP contribution >= 0.6 is 0 Å². The van der Waals surface area contributed by atoms with Gasteiger partial charge in [-0.15, -0.1) is 0 Å². The smallest absolute Gasteiger partial charge is 0.254 e. The van der Waals surface area contributed by atoms with Crippen molar-refractivity contribution in [1.82, 2.24) is 4.90 Å². The molecule has 1 aliphatic rings. The standard InChI is InChI=1S/C12H15FN2O/c1-8-3-2-4-15(8)12(16)9-5-10(13)7-11(14)6-9/h5-8H,2-4,14H2,1H3/t8-/m1/s1. The van der Waals surface area contributed by atoms with E-state index in [1.807, 2.05) is 6.92 Å². The highest BCUT2D eigenvalue weighted by atomic mass is 19.1. The molecule has 0 radical (unpaired) electrons. The quantitative estimate of drug-likeness (QED) is 0.739. The van der Waals surface area contributed by atoms with Gasteiger partial charge in [-0.1, -0.05) is 0 Å². The van der Waals surface area contributed by atoms with Gasteiger partial charge in [0.05, 0.1) is 0 Å². The van der Waals surface area contributed by atoms with E-state index in [2.05, 4.69) is 0 Å². The Kier molecular flexibility index (Phi) is 2.81. The molecule has 1 saturated heterocycles. The van der Waals surface area contributed by atoms with Crippen LogP contribution in [0.1, 0.15) is 30.1 Å². The number of carbonyl (C=O) groups excluding carboxylic acids is 1. The largest absolute Gasteiger partial charge is 0.399 e. The Morgan fingerprint density at radius 3 is 2.81 bits per heavy atom. The lowest BCUT2D eigenvalue weighted by Gasteiger charge is -2.21. The summed E-state index contributed by atoms with van der Waals surface area (Å²) < 4.78 is 13.1. The molecule has 0 spiro atoms. The highest BCUT2D eigenvalue weighted by Crippen LogP contribution is 2.21. The van der Waals surface area contributed by atoms with Gasteiger partial charge in [-0.25, -0.2) is 4.39 Å². The summed E-state index contributed by atoms with van der Waals surface area (Å²) in [5.74, 6) is -0.591. The Balaban J connectivity index is 2.26. The fraction of sp³-hybridized carbons (Fsp3) is 0.417. The summed E-state index contributed by atoms with van der Waals surface area (Å²) in [6.45, 7) is 2.75. The molecule has 1 aliphatic heterocycles. The number of benzene rings is 1. The van der Waals surface area contributed by atoms with Crippen LogP contribution in [-0.2, 0) is 0 Å². The molecule has 0 saturated carbocycles. The molecule has 2 N–H and O–H groups in total. The normalized spacial score (nSPS) is 20.1. The first-order chi connectivity index (χ1) is 7.58. The van der Waals surface area contributed by atoms with E-state index in [9.17, 15) is 9.18 Å². The van der Waals surface area contributed by atoms with Crippen LogP contribution < -0.4 is 5.73 Å². The van der Waals surface area contributed by atoms with Crippen molar-refractivity contribution in [3.8, 4) is 0 Å². The zero-order valence-corrected chi connectivity index (χ0v) is 9.24. The summed E-state index contributed by atoms with van der Waals surface area (Å²) in [6, 6.07) is 4.21. The molecule has 16 heavy (non-hydrogen) atoms. The lowest BCUT2D eigenvalue weighted by Crippen LogP contribution is -2.33. The van der Waals surface area contributed by atoms with E-state index in [1.54, 1.807) is 4.90 Å². The van der Waals surface area contributed by atoms with Crippen LogP contribution in [0.2, 0.25) is 0 Å². The van der Waals surface area contributed by atoms with E-state index in [4.69, 9.17) is 5.73 Å². The van der Waals surface area contributed by atoms with Crippen molar-refractivity contribution in [3.63, 3.8) is 0 Å². The second-order valence-corrected chi connectivity index (χ2v) is 4.26. The number of nitrogens with two attached hydrogens (primary N) is 1. The van der Waals surface area contributed by atoms with Gasteiger partial charge in [-0.3, -0.25) is 4.79 Å². The first-order valence-electron chi connectivity index (χ1n) is 5.45. The van der Waals surface area contributed by atoms with E-state index in [1.165, 1.54) is 18.2 Å². The molecule has 86 valence electrons. The zero-order chi connectivity index (χ0) is 11.7. The Labute approximate surface area is 94.0 Å². The number of nitrogen functional groups attached to an aromatic ring is 1. The van der Waals surface area contributed by atoms with Crippen molar-refractivity contribution >= 4 is 11.6 Å². The predicted octanol–water partition coefficient (Wildman–Crippen LogP) is 2.03. The highest BCUT2D eigenvalue weighted by Gasteiger charge is 2.26. The number of halogens is 1. The second-order valence-electron chi connectivity index (χ2n) is 4.26. The number of rotatable bonds is 1. The third kappa shape index (κ3) is 2.01. The van der Waals surface area contributed by atoms with Crippen LogP contribution in [0.3, 0.4) is 0 Å². The van der Waals surface area contributed by atoms with Crippen molar-refractivity contribution in [3.05, 3.63) is 29.6 Å². The third-order valence-corrected chi connectivity index (χ3v) is 2.98. The van der Waals surface area contributed by atoms with Crippen LogP contribution in [-0.4, -0.2) is 23.4 Å². The number of amides is 1. The van der Waals surface area contributed by atoms with Crippen molar-refractivity contribution < 1.29 is 9.18 Å². The highest BCUT2D eigenvalue weighted by molar-refractivity contribution is 5.95. The number of anilines is 1. The fourth-order valence-electron chi connectivity index (χ4n) is 2.14. The van der Waals surface area contributed by atoms with Gasteiger partial charge < -0.3 is 10.6 Å². The van der Waals surface area contributed by atoms with Crippen molar-refractivity contribution in [2.24, 2.45) is 0 Å². The maximum absolute atomic E-state index is 13.1. The molecule has 0 unspecified atom stereocenters. The average Bonchev–Trinajstić information content (AvgIpc) is 2.62. The van der Waals surface area contributed by atoms with E-state index < -0.39 is 5.82 Å². The van der Waals surface area contributed by atoms with E-state index in [-0.39, 0.29) is 17.6 Å². The average molecular weight is 222 g/mol. The molecule has 0 aliphatic carbocycles. The first-order valence-corrected chi connectivity index (χ1v) is 5.45. The third-order valence-electron chi connectivity index (χ3n) is 2.98. The van der Waals surface area contributed by atoms with Crippen molar-refractivity contribution in [2.75, 3.05) is 12.3 Å². The van der Waals surface area contributed by atoms with E-state index in [0.29, 0.717) is 5.56 Å². The molecule has 0 aromatic heterocycles. The molecule has 1 aromatic rings. The summed E-state index contributed by atoms with van der Waals surface area (Å²) in [5, 5.41) is 0. The van der Waals surface area contributed by atoms with Crippen LogP contribution in [0.25, 0.3) is 0 Å². The summed E-state index contributed by atoms with van der Waals surface area (Å²) in [5.41, 5.74) is 6.15. The van der Waals surface area contributed by atoms with E-state index >= 15 is 0 Å². The second kappa shape index (κ2) is 4.12. The number of hydrogen-bond acceptors (Lipinski definition) is 2. The molecule has 1 fully saturated rings. The maximum Gasteiger partial charge on any atom is 0.254 e. The van der Waals surface area contributed by atoms with Crippen molar-refractivity contribution in [2.45, 2.75) is 25.8 Å². The SMILES string of the molecule is C[C@@H]1CCCN1C(=O)c1cc(N)cc(F)c1. The van der Waals surface area contributed by atoms with Gasteiger partial charge in [0.2, 0.25) is 0 Å². The lowest BCUT2D eigenvalue weighted by molar-refractivity contribution is 0.0747. The summed E-state index contributed by atoms with van der Waals surface area (Å²) in [6.07, 6.45) is 2.02. The van der Waals surface area contributed by atoms with Crippen LogP contribution in [0, 0.1) is 5.82 Å². The van der Waals surface area contributed by atoms with Gasteiger partial charge >= 0.3 is 0 Å². The van der Waals surface area contributed by atoms with Gasteiger partial charge in [0, 0.05) is 23.8 Å². The van der Waals surface area contributed by atoms with Gasteiger partial charge in [-0.05, 0) is 38.0 Å². The summed E-state index contributed by atoms with van der Waals surface area (Å²) in [7, 11) is 0. The Morgan fingerprint density at radius 2 is 2.25 bits per heavy atom. The van der Waals surface area contributed by atoms with Crippen LogP contribution in [0.4, 0.5) is 10.1 Å². The zero-order valence-electron chi connectivity index (χ0n) is 9.24. The number of nitrogens with zero attached hydrogens (tertiary/aromatic N) is 1. The number of likely N-dealkylation sites (tertiary alicyclic amines) is 1. The molecule has 0 bridgehead atoms. The minimum absolute atomic E-state index is 0.129. The topological polar surface area (TPSA) is 46.3 Å². The molecular formula is C12H15FN2O. The number of hydrogen-bond donors (Lipinski definition) is 1. The van der Waals surface area contributed by atoms with E-state index in [0.717, 1.165) is 19.4 Å². The van der Waals surface area contributed by atoms with Crippen LogP contribution in [0.15, 0.2) is 18.2 Å². The monoisotopic (exact) mass is 222 g/mol. The minimum Gasteiger partial charge on any atom is -0.399 e. The Bertz CT molecular complexity index is 399. The molecule has 1 aromatic carbocycles. The molecule has 1 atom stereocenters. The van der Waals surface area contributed by atoms with Gasteiger partial charge in [0.1, 0.15) is 5.82 Å². The Morgan fingerprint density at radius 1 is 1.50 bits per heavy atom. The fourth-order valence-corrected chi connectivity index (χ4v) is 2.14. The molecule has 1 heterocycles. The minimum atomic E-state index is -0.463. The molecule has 2 rings (SSSR count). The lowest BCUT2D eigenvalue weighted by atomic mass is 10.1. The summed E-state index contributed by atoms with van der Waals surface area (Å²) in [4.78, 5) is 13.8. The molecule has 3 nitrogen and oxygen atoms in total. The summed E-state index contributed by atoms with van der Waals surface area (Å²) >= 11 is 0. The Hall–Kier alpha value is -1.58. The molecular weight excluding hydrogens is 207 g/mol. The van der Waals surface area contributed by atoms with Crippen molar-refractivity contribution in [1.29, 1.82) is 0 Å². The maximum atomic E-state index is 13.1.